The fraction of sp³-hybridized carbons (Fsp3) is 0.158. The second kappa shape index (κ2) is 6.38. The van der Waals surface area contributed by atoms with Crippen LogP contribution in [0.15, 0.2) is 59.6 Å². The van der Waals surface area contributed by atoms with Crippen LogP contribution < -0.4 is 0 Å². The lowest BCUT2D eigenvalue weighted by molar-refractivity contribution is -0.114. The minimum Gasteiger partial charge on any atom is -0.376 e. The van der Waals surface area contributed by atoms with E-state index in [9.17, 15) is 4.79 Å². The van der Waals surface area contributed by atoms with Crippen molar-refractivity contribution in [3.63, 3.8) is 0 Å². The first-order valence-electron chi connectivity index (χ1n) is 7.91. The largest absolute Gasteiger partial charge is 0.376 e. The van der Waals surface area contributed by atoms with Gasteiger partial charge in [0.1, 0.15) is 17.3 Å². The van der Waals surface area contributed by atoms with E-state index in [-0.39, 0.29) is 11.7 Å². The molecule has 0 atom stereocenters. The van der Waals surface area contributed by atoms with Gasteiger partial charge >= 0.3 is 0 Å². The summed E-state index contributed by atoms with van der Waals surface area (Å²) < 4.78 is 9.10. The highest BCUT2D eigenvalue weighted by atomic mass is 32.2. The summed E-state index contributed by atoms with van der Waals surface area (Å²) >= 11 is 1.18. The Morgan fingerprint density at radius 2 is 1.76 bits per heavy atom. The Morgan fingerprint density at radius 1 is 1.08 bits per heavy atom. The van der Waals surface area contributed by atoms with Gasteiger partial charge in [-0.25, -0.2) is 4.98 Å². The zero-order valence-corrected chi connectivity index (χ0v) is 14.8. The van der Waals surface area contributed by atoms with Crippen LogP contribution in [0.4, 0.5) is 0 Å². The van der Waals surface area contributed by atoms with Crippen LogP contribution in [-0.2, 0) is 16.6 Å². The van der Waals surface area contributed by atoms with Crippen LogP contribution in [0.25, 0.3) is 28.1 Å². The van der Waals surface area contributed by atoms with Crippen molar-refractivity contribution in [2.24, 2.45) is 7.05 Å². The van der Waals surface area contributed by atoms with E-state index in [2.05, 4.69) is 10.5 Å². The lowest BCUT2D eigenvalue weighted by atomic mass is 10.2. The zero-order valence-electron chi connectivity index (χ0n) is 14.0. The summed E-state index contributed by atoms with van der Waals surface area (Å²) in [6.45, 7) is 0.0664. The van der Waals surface area contributed by atoms with Crippen molar-refractivity contribution >= 4 is 33.7 Å². The van der Waals surface area contributed by atoms with Crippen LogP contribution in [0.3, 0.4) is 0 Å². The molecule has 0 radical (unpaired) electrons. The quantitative estimate of drug-likeness (QED) is 0.525. The molecule has 0 saturated heterocycles. The SMILES string of the molecule is COCC(=O)Sc1c(-c2ccccc2)nc2n(C)c3ccccc3n12. The van der Waals surface area contributed by atoms with Crippen molar-refractivity contribution in [3.8, 4) is 11.3 Å². The van der Waals surface area contributed by atoms with Crippen molar-refractivity contribution in [2.75, 3.05) is 13.7 Å². The number of carbonyl (C=O) groups is 1. The Labute approximate surface area is 149 Å². The van der Waals surface area contributed by atoms with E-state index in [0.717, 1.165) is 33.1 Å². The van der Waals surface area contributed by atoms with E-state index >= 15 is 0 Å². The summed E-state index contributed by atoms with van der Waals surface area (Å²) in [6.07, 6.45) is 0. The number of thioether (sulfide) groups is 1. The molecule has 4 rings (SSSR count). The first-order chi connectivity index (χ1) is 12.2. The average Bonchev–Trinajstić information content (AvgIpc) is 3.13. The van der Waals surface area contributed by atoms with Gasteiger partial charge in [0, 0.05) is 19.7 Å². The number of hydrogen-bond acceptors (Lipinski definition) is 4. The maximum atomic E-state index is 12.3. The summed E-state index contributed by atoms with van der Waals surface area (Å²) in [6, 6.07) is 18.0. The topological polar surface area (TPSA) is 48.5 Å². The number of hydrogen-bond donors (Lipinski definition) is 0. The summed E-state index contributed by atoms with van der Waals surface area (Å²) in [5.41, 5.74) is 3.91. The van der Waals surface area contributed by atoms with Crippen molar-refractivity contribution in [2.45, 2.75) is 5.03 Å². The van der Waals surface area contributed by atoms with Crippen LogP contribution in [-0.4, -0.2) is 32.8 Å². The maximum absolute atomic E-state index is 12.3. The minimum absolute atomic E-state index is 0.0468. The van der Waals surface area contributed by atoms with Crippen molar-refractivity contribution in [1.29, 1.82) is 0 Å². The predicted octanol–water partition coefficient (Wildman–Crippen LogP) is 3.76. The Balaban J connectivity index is 2.01. The normalized spacial score (nSPS) is 11.4. The number of carbonyl (C=O) groups excluding carboxylic acids is 1. The predicted molar refractivity (Wildman–Crippen MR) is 99.8 cm³/mol. The van der Waals surface area contributed by atoms with E-state index < -0.39 is 0 Å². The Hall–Kier alpha value is -2.57. The monoisotopic (exact) mass is 351 g/mol. The molecule has 0 aliphatic carbocycles. The molecule has 0 N–H and O–H groups in total. The Bertz CT molecular complexity index is 1070. The smallest absolute Gasteiger partial charge is 0.220 e. The highest BCUT2D eigenvalue weighted by Gasteiger charge is 2.22. The lowest BCUT2D eigenvalue weighted by Gasteiger charge is -2.04. The number of methoxy groups -OCH3 is 1. The number of rotatable bonds is 4. The zero-order chi connectivity index (χ0) is 17.4. The van der Waals surface area contributed by atoms with Gasteiger partial charge < -0.3 is 9.30 Å². The fourth-order valence-electron chi connectivity index (χ4n) is 3.01. The summed E-state index contributed by atoms with van der Waals surface area (Å²) in [4.78, 5) is 17.1. The average molecular weight is 351 g/mol. The molecule has 2 aromatic carbocycles. The molecular weight excluding hydrogens is 334 g/mol. The van der Waals surface area contributed by atoms with Gasteiger partial charge in [-0.05, 0) is 23.9 Å². The second-order valence-corrected chi connectivity index (χ2v) is 6.77. The molecule has 2 aromatic heterocycles. The third-order valence-corrected chi connectivity index (χ3v) is 5.04. The molecule has 4 aromatic rings. The van der Waals surface area contributed by atoms with Gasteiger partial charge in [-0.15, -0.1) is 0 Å². The molecule has 6 heteroatoms. The molecule has 0 unspecified atom stereocenters. The number of para-hydroxylation sites is 2. The van der Waals surface area contributed by atoms with Gasteiger partial charge in [0.15, 0.2) is 0 Å². The Morgan fingerprint density at radius 3 is 2.48 bits per heavy atom. The fourth-order valence-corrected chi connectivity index (χ4v) is 3.94. The molecule has 0 amide bonds. The highest BCUT2D eigenvalue weighted by Crippen LogP contribution is 2.35. The number of aryl methyl sites for hydroxylation is 1. The third kappa shape index (κ3) is 2.63. The van der Waals surface area contributed by atoms with Gasteiger partial charge in [0.05, 0.1) is 11.0 Å². The van der Waals surface area contributed by atoms with Crippen LogP contribution >= 0.6 is 11.8 Å². The third-order valence-electron chi connectivity index (χ3n) is 4.12. The molecule has 0 aliphatic rings. The summed E-state index contributed by atoms with van der Waals surface area (Å²) in [7, 11) is 3.52. The summed E-state index contributed by atoms with van der Waals surface area (Å²) in [5, 5.41) is 0.773. The number of benzene rings is 2. The van der Waals surface area contributed by atoms with Crippen molar-refractivity contribution in [3.05, 3.63) is 54.6 Å². The van der Waals surface area contributed by atoms with Crippen LogP contribution in [0.2, 0.25) is 0 Å². The minimum atomic E-state index is -0.0468. The molecule has 5 nitrogen and oxygen atoms in total. The molecule has 0 spiro atoms. The molecule has 25 heavy (non-hydrogen) atoms. The number of nitrogens with zero attached hydrogens (tertiary/aromatic N) is 3. The van der Waals surface area contributed by atoms with E-state index in [0.29, 0.717) is 0 Å². The first kappa shape index (κ1) is 15.9. The van der Waals surface area contributed by atoms with Gasteiger partial charge in [-0.2, -0.15) is 0 Å². The van der Waals surface area contributed by atoms with E-state index in [1.807, 2.05) is 60.1 Å². The molecular formula is C19H17N3O2S. The molecule has 126 valence electrons. The second-order valence-electron chi connectivity index (χ2n) is 5.72. The maximum Gasteiger partial charge on any atom is 0.220 e. The van der Waals surface area contributed by atoms with Crippen LogP contribution in [0.5, 0.6) is 0 Å². The lowest BCUT2D eigenvalue weighted by Crippen LogP contribution is -2.02. The summed E-state index contributed by atoms with van der Waals surface area (Å²) in [5.74, 6) is 0.813. The van der Waals surface area contributed by atoms with Gasteiger partial charge in [0.25, 0.3) is 0 Å². The van der Waals surface area contributed by atoms with Gasteiger partial charge in [-0.1, -0.05) is 42.5 Å². The molecule has 2 heterocycles. The van der Waals surface area contributed by atoms with Crippen molar-refractivity contribution in [1.82, 2.24) is 14.0 Å². The standard InChI is InChI=1S/C19H17N3O2S/c1-21-14-10-6-7-11-15(14)22-18(25-16(23)12-24-2)17(20-19(21)22)13-8-4-3-5-9-13/h3-11H,12H2,1-2H3. The van der Waals surface area contributed by atoms with Crippen LogP contribution in [0.1, 0.15) is 0 Å². The number of aromatic nitrogens is 3. The highest BCUT2D eigenvalue weighted by molar-refractivity contribution is 8.13. The van der Waals surface area contributed by atoms with Crippen molar-refractivity contribution < 1.29 is 9.53 Å². The van der Waals surface area contributed by atoms with Gasteiger partial charge in [-0.3, -0.25) is 9.20 Å². The number of fused-ring (bicyclic) bond motifs is 3. The number of ether oxygens (including phenoxy) is 1. The molecule has 0 fully saturated rings. The molecule has 0 aliphatic heterocycles. The van der Waals surface area contributed by atoms with E-state index in [1.54, 1.807) is 0 Å². The molecule has 0 bridgehead atoms. The van der Waals surface area contributed by atoms with E-state index in [4.69, 9.17) is 9.72 Å². The number of imidazole rings is 2. The van der Waals surface area contributed by atoms with Crippen LogP contribution in [0, 0.1) is 0 Å². The molecule has 0 saturated carbocycles. The van der Waals surface area contributed by atoms with E-state index in [1.165, 1.54) is 18.9 Å². The first-order valence-corrected chi connectivity index (χ1v) is 8.73. The van der Waals surface area contributed by atoms with Gasteiger partial charge in [0.2, 0.25) is 10.9 Å². The Kier molecular flexibility index (Phi) is 4.07.